The molecule has 1 fully saturated rings. The Labute approximate surface area is 122 Å². The predicted molar refractivity (Wildman–Crippen MR) is 81.8 cm³/mol. The molecule has 1 aromatic carbocycles. The highest BCUT2D eigenvalue weighted by molar-refractivity contribution is 8.00. The summed E-state index contributed by atoms with van der Waals surface area (Å²) in [6, 6.07) is 7.55. The number of amides is 1. The summed E-state index contributed by atoms with van der Waals surface area (Å²) in [6.45, 7) is 0.747. The number of nitrogens with one attached hydrogen (secondary N) is 2. The molecule has 0 atom stereocenters. The average Bonchev–Trinajstić information content (AvgIpc) is 2.95. The fraction of sp³-hybridized carbons (Fsp3) is 0.333. The molecule has 0 saturated carbocycles. The van der Waals surface area contributed by atoms with Crippen LogP contribution in [0.15, 0.2) is 36.7 Å². The molecule has 1 aromatic heterocycles. The van der Waals surface area contributed by atoms with Crippen LogP contribution in [0.5, 0.6) is 0 Å². The molecule has 4 nitrogen and oxygen atoms in total. The van der Waals surface area contributed by atoms with Gasteiger partial charge in [-0.3, -0.25) is 4.79 Å². The van der Waals surface area contributed by atoms with E-state index in [2.05, 4.69) is 15.3 Å². The Morgan fingerprint density at radius 1 is 1.40 bits per heavy atom. The SMILES string of the molecule is O=C(NCCC1CSC1)c1ccccc1-c1ncc[nH]1. The number of carbonyl (C=O) groups excluding carboxylic acids is 1. The van der Waals surface area contributed by atoms with Crippen LogP contribution in [-0.4, -0.2) is 33.9 Å². The monoisotopic (exact) mass is 287 g/mol. The number of imidazole rings is 1. The van der Waals surface area contributed by atoms with Gasteiger partial charge in [0.1, 0.15) is 5.82 Å². The summed E-state index contributed by atoms with van der Waals surface area (Å²) < 4.78 is 0. The highest BCUT2D eigenvalue weighted by Crippen LogP contribution is 2.26. The first kappa shape index (κ1) is 13.2. The van der Waals surface area contributed by atoms with Crippen LogP contribution in [0, 0.1) is 5.92 Å². The quantitative estimate of drug-likeness (QED) is 0.888. The maximum absolute atomic E-state index is 12.3. The molecule has 0 unspecified atom stereocenters. The number of benzene rings is 1. The van der Waals surface area contributed by atoms with Crippen molar-refractivity contribution in [3.05, 3.63) is 42.2 Å². The van der Waals surface area contributed by atoms with E-state index in [-0.39, 0.29) is 5.91 Å². The fourth-order valence-electron chi connectivity index (χ4n) is 2.24. The van der Waals surface area contributed by atoms with Crippen LogP contribution in [0.25, 0.3) is 11.4 Å². The lowest BCUT2D eigenvalue weighted by Gasteiger charge is -2.24. The zero-order valence-electron chi connectivity index (χ0n) is 11.1. The predicted octanol–water partition coefficient (Wildman–Crippen LogP) is 2.56. The van der Waals surface area contributed by atoms with E-state index < -0.39 is 0 Å². The molecule has 1 amide bonds. The first-order valence-electron chi connectivity index (χ1n) is 6.79. The molecule has 1 aliphatic rings. The molecule has 0 radical (unpaired) electrons. The van der Waals surface area contributed by atoms with Gasteiger partial charge in [0, 0.05) is 24.5 Å². The molecule has 2 aromatic rings. The van der Waals surface area contributed by atoms with Crippen LogP contribution < -0.4 is 5.32 Å². The van der Waals surface area contributed by atoms with Gasteiger partial charge in [-0.25, -0.2) is 4.98 Å². The minimum atomic E-state index is -0.0241. The zero-order chi connectivity index (χ0) is 13.8. The number of nitrogens with zero attached hydrogens (tertiary/aromatic N) is 1. The van der Waals surface area contributed by atoms with Crippen LogP contribution in [-0.2, 0) is 0 Å². The summed E-state index contributed by atoms with van der Waals surface area (Å²) in [5.74, 6) is 3.95. The normalized spacial score (nSPS) is 14.8. The van der Waals surface area contributed by atoms with Crippen LogP contribution >= 0.6 is 11.8 Å². The molecular formula is C15H17N3OS. The van der Waals surface area contributed by atoms with E-state index in [4.69, 9.17) is 0 Å². The second-order valence-corrected chi connectivity index (χ2v) is 6.01. The Morgan fingerprint density at radius 3 is 2.95 bits per heavy atom. The summed E-state index contributed by atoms with van der Waals surface area (Å²) in [5.41, 5.74) is 1.51. The maximum atomic E-state index is 12.3. The van der Waals surface area contributed by atoms with Crippen molar-refractivity contribution in [3.63, 3.8) is 0 Å². The number of aromatic amines is 1. The van der Waals surface area contributed by atoms with Gasteiger partial charge in [0.05, 0.1) is 5.56 Å². The Bertz CT molecular complexity index is 579. The lowest BCUT2D eigenvalue weighted by Crippen LogP contribution is -2.29. The molecule has 1 saturated heterocycles. The van der Waals surface area contributed by atoms with Gasteiger partial charge in [0.15, 0.2) is 0 Å². The van der Waals surface area contributed by atoms with Crippen LogP contribution in [0.4, 0.5) is 0 Å². The first-order valence-corrected chi connectivity index (χ1v) is 7.95. The average molecular weight is 287 g/mol. The van der Waals surface area contributed by atoms with Gasteiger partial charge in [0.25, 0.3) is 5.91 Å². The summed E-state index contributed by atoms with van der Waals surface area (Å²) >= 11 is 1.98. The number of aromatic nitrogens is 2. The lowest BCUT2D eigenvalue weighted by molar-refractivity contribution is 0.0952. The third-order valence-electron chi connectivity index (χ3n) is 3.47. The summed E-state index contributed by atoms with van der Waals surface area (Å²) in [7, 11) is 0. The second-order valence-electron chi connectivity index (χ2n) is 4.93. The molecule has 104 valence electrons. The maximum Gasteiger partial charge on any atom is 0.252 e. The lowest BCUT2D eigenvalue weighted by atomic mass is 10.1. The Hall–Kier alpha value is -1.75. The minimum absolute atomic E-state index is 0.0241. The topological polar surface area (TPSA) is 57.8 Å². The Kier molecular flexibility index (Phi) is 4.06. The number of thioether (sulfide) groups is 1. The number of hydrogen-bond acceptors (Lipinski definition) is 3. The van der Waals surface area contributed by atoms with Crippen molar-refractivity contribution in [2.45, 2.75) is 6.42 Å². The van der Waals surface area contributed by atoms with Gasteiger partial charge in [-0.15, -0.1) is 0 Å². The highest BCUT2D eigenvalue weighted by Gasteiger charge is 2.18. The van der Waals surface area contributed by atoms with Crippen molar-refractivity contribution < 1.29 is 4.79 Å². The van der Waals surface area contributed by atoms with Crippen molar-refractivity contribution in [1.82, 2.24) is 15.3 Å². The molecule has 3 rings (SSSR count). The Morgan fingerprint density at radius 2 is 2.25 bits per heavy atom. The molecule has 1 aliphatic heterocycles. The molecule has 5 heteroatoms. The number of hydrogen-bond donors (Lipinski definition) is 2. The van der Waals surface area contributed by atoms with Gasteiger partial charge in [-0.05, 0) is 29.9 Å². The molecular weight excluding hydrogens is 270 g/mol. The van der Waals surface area contributed by atoms with E-state index in [9.17, 15) is 4.79 Å². The number of H-pyrrole nitrogens is 1. The summed E-state index contributed by atoms with van der Waals surface area (Å²) in [6.07, 6.45) is 4.53. The smallest absolute Gasteiger partial charge is 0.252 e. The van der Waals surface area contributed by atoms with Crippen molar-refractivity contribution in [2.24, 2.45) is 5.92 Å². The molecule has 0 aliphatic carbocycles. The van der Waals surface area contributed by atoms with Crippen molar-refractivity contribution in [3.8, 4) is 11.4 Å². The largest absolute Gasteiger partial charge is 0.352 e. The van der Waals surface area contributed by atoms with Gasteiger partial charge < -0.3 is 10.3 Å². The second kappa shape index (κ2) is 6.13. The van der Waals surface area contributed by atoms with E-state index in [1.807, 2.05) is 36.0 Å². The fourth-order valence-corrected chi connectivity index (χ4v) is 3.14. The van der Waals surface area contributed by atoms with E-state index in [1.54, 1.807) is 12.4 Å². The van der Waals surface area contributed by atoms with Crippen molar-refractivity contribution in [1.29, 1.82) is 0 Å². The standard InChI is InChI=1S/C15H17N3OS/c19-15(18-6-5-11-9-20-10-11)13-4-2-1-3-12(13)14-16-7-8-17-14/h1-4,7-8,11H,5-6,9-10H2,(H,16,17)(H,18,19). The molecule has 0 bridgehead atoms. The van der Waals surface area contributed by atoms with Crippen molar-refractivity contribution in [2.75, 3.05) is 18.1 Å². The summed E-state index contributed by atoms with van der Waals surface area (Å²) in [5, 5.41) is 3.01. The van der Waals surface area contributed by atoms with E-state index in [0.717, 1.165) is 30.3 Å². The Balaban J connectivity index is 1.67. The third kappa shape index (κ3) is 2.88. The van der Waals surface area contributed by atoms with E-state index in [1.165, 1.54) is 11.5 Å². The molecule has 0 spiro atoms. The summed E-state index contributed by atoms with van der Waals surface area (Å²) in [4.78, 5) is 19.6. The minimum Gasteiger partial charge on any atom is -0.352 e. The van der Waals surface area contributed by atoms with E-state index in [0.29, 0.717) is 5.56 Å². The van der Waals surface area contributed by atoms with Gasteiger partial charge in [0.2, 0.25) is 0 Å². The first-order chi connectivity index (χ1) is 9.84. The van der Waals surface area contributed by atoms with E-state index >= 15 is 0 Å². The third-order valence-corrected chi connectivity index (χ3v) is 4.88. The number of rotatable bonds is 5. The van der Waals surface area contributed by atoms with Crippen LogP contribution in [0.3, 0.4) is 0 Å². The van der Waals surface area contributed by atoms with Crippen LogP contribution in [0.1, 0.15) is 16.8 Å². The zero-order valence-corrected chi connectivity index (χ0v) is 12.0. The number of carbonyl (C=O) groups is 1. The van der Waals surface area contributed by atoms with Gasteiger partial charge in [-0.2, -0.15) is 11.8 Å². The molecule has 20 heavy (non-hydrogen) atoms. The molecule has 2 N–H and O–H groups in total. The van der Waals surface area contributed by atoms with Gasteiger partial charge in [-0.1, -0.05) is 18.2 Å². The highest BCUT2D eigenvalue weighted by atomic mass is 32.2. The van der Waals surface area contributed by atoms with Crippen LogP contribution in [0.2, 0.25) is 0 Å². The van der Waals surface area contributed by atoms with Gasteiger partial charge >= 0.3 is 0 Å². The van der Waals surface area contributed by atoms with Crippen molar-refractivity contribution >= 4 is 17.7 Å². The molecule has 2 heterocycles.